The van der Waals surface area contributed by atoms with Crippen LogP contribution in [0.1, 0.15) is 25.5 Å². The maximum Gasteiger partial charge on any atom is 0.119 e. The van der Waals surface area contributed by atoms with Gasteiger partial charge in [0.2, 0.25) is 0 Å². The van der Waals surface area contributed by atoms with Gasteiger partial charge in [0, 0.05) is 13.1 Å². The third-order valence-corrected chi connectivity index (χ3v) is 2.81. The molecule has 0 radical (unpaired) electrons. The minimum absolute atomic E-state index is 0.105. The molecule has 1 aliphatic rings. The minimum atomic E-state index is -0.105. The minimum Gasteiger partial charge on any atom is -0.497 e. The van der Waals surface area contributed by atoms with E-state index >= 15 is 0 Å². The molecule has 16 heavy (non-hydrogen) atoms. The van der Waals surface area contributed by atoms with Gasteiger partial charge >= 0.3 is 0 Å². The molecule has 1 heterocycles. The molecule has 1 saturated heterocycles. The maximum atomic E-state index is 6.04. The molecule has 3 nitrogen and oxygen atoms in total. The van der Waals surface area contributed by atoms with Crippen LogP contribution in [0.5, 0.6) is 5.75 Å². The average Bonchev–Trinajstić information content (AvgIpc) is 2.28. The fraction of sp³-hybridized carbons (Fsp3) is 0.538. The summed E-state index contributed by atoms with van der Waals surface area (Å²) in [6.45, 7) is 5.96. The van der Waals surface area contributed by atoms with Crippen LogP contribution < -0.4 is 10.1 Å². The monoisotopic (exact) mass is 221 g/mol. The zero-order valence-corrected chi connectivity index (χ0v) is 10.1. The van der Waals surface area contributed by atoms with Crippen LogP contribution in [0.2, 0.25) is 0 Å². The summed E-state index contributed by atoms with van der Waals surface area (Å²) in [5.41, 5.74) is 1.06. The first-order valence-electron chi connectivity index (χ1n) is 5.63. The number of methoxy groups -OCH3 is 1. The second-order valence-corrected chi connectivity index (χ2v) is 4.77. The van der Waals surface area contributed by atoms with E-state index in [-0.39, 0.29) is 11.7 Å². The van der Waals surface area contributed by atoms with Crippen LogP contribution in [-0.2, 0) is 4.74 Å². The highest BCUT2D eigenvalue weighted by atomic mass is 16.5. The maximum absolute atomic E-state index is 6.04. The Morgan fingerprint density at radius 1 is 1.44 bits per heavy atom. The largest absolute Gasteiger partial charge is 0.497 e. The summed E-state index contributed by atoms with van der Waals surface area (Å²) in [5, 5.41) is 3.40. The smallest absolute Gasteiger partial charge is 0.119 e. The topological polar surface area (TPSA) is 30.5 Å². The molecule has 2 rings (SSSR count). The Hall–Kier alpha value is -1.06. The quantitative estimate of drug-likeness (QED) is 0.830. The molecule has 1 N–H and O–H groups in total. The van der Waals surface area contributed by atoms with E-state index in [9.17, 15) is 0 Å². The number of ether oxygens (including phenoxy) is 2. The summed E-state index contributed by atoms with van der Waals surface area (Å²) in [6, 6.07) is 8.06. The van der Waals surface area contributed by atoms with Crippen molar-refractivity contribution < 1.29 is 9.47 Å². The fourth-order valence-corrected chi connectivity index (χ4v) is 2.00. The summed E-state index contributed by atoms with van der Waals surface area (Å²) in [4.78, 5) is 0. The molecule has 88 valence electrons. The van der Waals surface area contributed by atoms with Crippen molar-refractivity contribution in [2.75, 3.05) is 20.2 Å². The van der Waals surface area contributed by atoms with Crippen LogP contribution in [-0.4, -0.2) is 25.8 Å². The predicted molar refractivity (Wildman–Crippen MR) is 63.8 cm³/mol. The predicted octanol–water partition coefficient (Wildman–Crippen LogP) is 2.13. The Balaban J connectivity index is 2.16. The van der Waals surface area contributed by atoms with Gasteiger partial charge in [0.05, 0.1) is 18.8 Å². The Morgan fingerprint density at radius 2 is 2.25 bits per heavy atom. The van der Waals surface area contributed by atoms with E-state index in [0.717, 1.165) is 18.8 Å². The summed E-state index contributed by atoms with van der Waals surface area (Å²) in [6.07, 6.45) is 0.110. The first kappa shape index (κ1) is 11.4. The molecule has 0 aliphatic carbocycles. The molecule has 1 aromatic rings. The van der Waals surface area contributed by atoms with Gasteiger partial charge in [-0.1, -0.05) is 12.1 Å². The second-order valence-electron chi connectivity index (χ2n) is 4.77. The summed E-state index contributed by atoms with van der Waals surface area (Å²) < 4.78 is 11.3. The van der Waals surface area contributed by atoms with Crippen molar-refractivity contribution in [3.05, 3.63) is 29.8 Å². The average molecular weight is 221 g/mol. The Morgan fingerprint density at radius 3 is 2.94 bits per heavy atom. The van der Waals surface area contributed by atoms with Crippen LogP contribution in [0.4, 0.5) is 0 Å². The summed E-state index contributed by atoms with van der Waals surface area (Å²) in [5.74, 6) is 0.879. The van der Waals surface area contributed by atoms with E-state index in [2.05, 4.69) is 25.2 Å². The summed E-state index contributed by atoms with van der Waals surface area (Å²) in [7, 11) is 1.68. The second kappa shape index (κ2) is 4.44. The highest BCUT2D eigenvalue weighted by Crippen LogP contribution is 2.28. The van der Waals surface area contributed by atoms with Gasteiger partial charge < -0.3 is 14.8 Å². The van der Waals surface area contributed by atoms with Gasteiger partial charge in [-0.25, -0.2) is 0 Å². The zero-order valence-electron chi connectivity index (χ0n) is 10.1. The standard InChI is InChI=1S/C13H19NO2/c1-13(2)9-14-8-12(16-13)10-5-4-6-11(7-10)15-3/h4-7,12,14H,8-9H2,1-3H3. The lowest BCUT2D eigenvalue weighted by molar-refractivity contribution is -0.0959. The van der Waals surface area contributed by atoms with Crippen molar-refractivity contribution in [1.29, 1.82) is 0 Å². The lowest BCUT2D eigenvalue weighted by Gasteiger charge is -2.36. The van der Waals surface area contributed by atoms with Gasteiger partial charge in [-0.2, -0.15) is 0 Å². The molecule has 0 amide bonds. The number of hydrogen-bond acceptors (Lipinski definition) is 3. The van der Waals surface area contributed by atoms with Crippen LogP contribution in [0, 0.1) is 0 Å². The lowest BCUT2D eigenvalue weighted by Crippen LogP contribution is -2.46. The molecular weight excluding hydrogens is 202 g/mol. The summed E-state index contributed by atoms with van der Waals surface area (Å²) >= 11 is 0. The van der Waals surface area contributed by atoms with Crippen molar-refractivity contribution in [3.63, 3.8) is 0 Å². The van der Waals surface area contributed by atoms with Gasteiger partial charge in [0.1, 0.15) is 5.75 Å². The van der Waals surface area contributed by atoms with E-state index in [1.807, 2.05) is 18.2 Å². The van der Waals surface area contributed by atoms with Crippen LogP contribution in [0.3, 0.4) is 0 Å². The Bertz CT molecular complexity index is 363. The van der Waals surface area contributed by atoms with E-state index in [4.69, 9.17) is 9.47 Å². The number of morpholine rings is 1. The molecule has 1 aliphatic heterocycles. The van der Waals surface area contributed by atoms with Crippen LogP contribution in [0.25, 0.3) is 0 Å². The molecule has 1 unspecified atom stereocenters. The molecule has 0 saturated carbocycles. The van der Waals surface area contributed by atoms with E-state index < -0.39 is 0 Å². The van der Waals surface area contributed by atoms with Gasteiger partial charge in [0.25, 0.3) is 0 Å². The lowest BCUT2D eigenvalue weighted by atomic mass is 10.0. The highest BCUT2D eigenvalue weighted by Gasteiger charge is 2.29. The molecule has 3 heteroatoms. The van der Waals surface area contributed by atoms with Crippen LogP contribution in [0.15, 0.2) is 24.3 Å². The molecule has 1 fully saturated rings. The van der Waals surface area contributed by atoms with Gasteiger partial charge in [0.15, 0.2) is 0 Å². The fourth-order valence-electron chi connectivity index (χ4n) is 2.00. The number of benzene rings is 1. The molecular formula is C13H19NO2. The normalized spacial score (nSPS) is 24.1. The van der Waals surface area contributed by atoms with Gasteiger partial charge in [-0.15, -0.1) is 0 Å². The van der Waals surface area contributed by atoms with Crippen molar-refractivity contribution in [2.24, 2.45) is 0 Å². The zero-order chi connectivity index (χ0) is 11.6. The van der Waals surface area contributed by atoms with E-state index in [1.54, 1.807) is 7.11 Å². The molecule has 0 bridgehead atoms. The third kappa shape index (κ3) is 2.54. The number of hydrogen-bond donors (Lipinski definition) is 1. The van der Waals surface area contributed by atoms with Crippen molar-refractivity contribution in [1.82, 2.24) is 5.32 Å². The number of nitrogens with one attached hydrogen (secondary N) is 1. The SMILES string of the molecule is COc1cccc(C2CNCC(C)(C)O2)c1. The Labute approximate surface area is 96.8 Å². The van der Waals surface area contributed by atoms with E-state index in [1.165, 1.54) is 5.56 Å². The molecule has 1 atom stereocenters. The van der Waals surface area contributed by atoms with Gasteiger partial charge in [-0.3, -0.25) is 0 Å². The van der Waals surface area contributed by atoms with Crippen molar-refractivity contribution in [3.8, 4) is 5.75 Å². The third-order valence-electron chi connectivity index (χ3n) is 2.81. The Kier molecular flexibility index (Phi) is 3.17. The van der Waals surface area contributed by atoms with Gasteiger partial charge in [-0.05, 0) is 31.5 Å². The molecule has 0 spiro atoms. The van der Waals surface area contributed by atoms with Crippen molar-refractivity contribution >= 4 is 0 Å². The first-order chi connectivity index (χ1) is 7.61. The van der Waals surface area contributed by atoms with Crippen LogP contribution >= 0.6 is 0 Å². The molecule has 1 aromatic carbocycles. The number of rotatable bonds is 2. The first-order valence-corrected chi connectivity index (χ1v) is 5.63. The highest BCUT2D eigenvalue weighted by molar-refractivity contribution is 5.30. The molecule has 0 aromatic heterocycles. The van der Waals surface area contributed by atoms with Crippen molar-refractivity contribution in [2.45, 2.75) is 25.6 Å². The van der Waals surface area contributed by atoms with E-state index in [0.29, 0.717) is 0 Å².